The second kappa shape index (κ2) is 8.54. The van der Waals surface area contributed by atoms with Crippen LogP contribution in [0.25, 0.3) is 4.85 Å². The van der Waals surface area contributed by atoms with Crippen molar-refractivity contribution in [1.82, 2.24) is 5.32 Å². The van der Waals surface area contributed by atoms with E-state index < -0.39 is 11.0 Å². The Labute approximate surface area is 227 Å². The average Bonchev–Trinajstić information content (AvgIpc) is 2.84. The molecule has 0 aromatic rings. The van der Waals surface area contributed by atoms with Gasteiger partial charge in [-0.05, 0) is 86.0 Å². The van der Waals surface area contributed by atoms with Gasteiger partial charge in [-0.1, -0.05) is 53.2 Å². The first-order chi connectivity index (χ1) is 17.7. The van der Waals surface area contributed by atoms with Gasteiger partial charge in [0.1, 0.15) is 0 Å². The molecule has 0 radical (unpaired) electrons. The van der Waals surface area contributed by atoms with Crippen LogP contribution in [-0.4, -0.2) is 29.8 Å². The molecule has 5 aliphatic rings. The van der Waals surface area contributed by atoms with Gasteiger partial charge < -0.3 is 14.8 Å². The van der Waals surface area contributed by atoms with Crippen LogP contribution in [0.5, 0.6) is 0 Å². The molecule has 1 N–H and O–H groups in total. The fourth-order valence-electron chi connectivity index (χ4n) is 9.81. The van der Waals surface area contributed by atoms with Crippen LogP contribution >= 0.6 is 0 Å². The third kappa shape index (κ3) is 3.52. The minimum Gasteiger partial charge on any atom is -0.450 e. The fraction of sp³-hybridized carbons (Fsp3) is 0.750. The summed E-state index contributed by atoms with van der Waals surface area (Å²) >= 11 is 0. The molecule has 0 heterocycles. The average molecular weight is 521 g/mol. The number of ketones is 2. The van der Waals surface area contributed by atoms with Gasteiger partial charge in [-0.15, -0.1) is 0 Å². The van der Waals surface area contributed by atoms with Gasteiger partial charge in [-0.2, -0.15) is 0 Å². The van der Waals surface area contributed by atoms with Crippen LogP contribution in [0.1, 0.15) is 93.4 Å². The summed E-state index contributed by atoms with van der Waals surface area (Å²) in [7, 11) is 0. The predicted octanol–water partition coefficient (Wildman–Crippen LogP) is 6.67. The summed E-state index contributed by atoms with van der Waals surface area (Å²) in [6.07, 6.45) is 9.67. The zero-order valence-electron chi connectivity index (χ0n) is 24.2. The molecule has 38 heavy (non-hydrogen) atoms. The SMILES string of the molecule is [C-]#[N+]C1=C[C@]2(C)C3=CC(=O)[C@@H]4[C@@H]5CC(C)(C)CC[C@]5(NC(=O)OCC)CC[C@@]4(C)[C@]3(C)CC[C@H]2[C@H](C)C1=O. The maximum absolute atomic E-state index is 14.4. The maximum Gasteiger partial charge on any atom is 0.407 e. The van der Waals surface area contributed by atoms with Gasteiger partial charge in [-0.3, -0.25) is 4.79 Å². The molecular formula is C32H44N2O4. The van der Waals surface area contributed by atoms with Gasteiger partial charge in [0.05, 0.1) is 13.2 Å². The molecule has 8 atom stereocenters. The Morgan fingerprint density at radius 3 is 2.42 bits per heavy atom. The second-order valence-corrected chi connectivity index (χ2v) is 14.4. The fourth-order valence-corrected chi connectivity index (χ4v) is 9.81. The number of fused-ring (bicyclic) bond motifs is 7. The molecule has 5 aliphatic carbocycles. The molecule has 206 valence electrons. The lowest BCUT2D eigenvalue weighted by molar-refractivity contribution is -0.159. The van der Waals surface area contributed by atoms with E-state index in [-0.39, 0.29) is 63.3 Å². The smallest absolute Gasteiger partial charge is 0.407 e. The van der Waals surface area contributed by atoms with Crippen LogP contribution in [0, 0.1) is 51.9 Å². The number of carbonyl (C=O) groups excluding carboxylic acids is 3. The van der Waals surface area contributed by atoms with Crippen molar-refractivity contribution < 1.29 is 19.1 Å². The third-order valence-electron chi connectivity index (χ3n) is 12.1. The van der Waals surface area contributed by atoms with Crippen molar-refractivity contribution in [3.8, 4) is 0 Å². The first-order valence-corrected chi connectivity index (χ1v) is 14.5. The molecule has 0 aliphatic heterocycles. The number of Topliss-reactive ketones (excluding diaryl/α,β-unsaturated/α-hetero) is 1. The van der Waals surface area contributed by atoms with Crippen molar-refractivity contribution >= 4 is 17.7 Å². The molecule has 6 heteroatoms. The quantitative estimate of drug-likeness (QED) is 0.413. The Kier molecular flexibility index (Phi) is 6.10. The van der Waals surface area contributed by atoms with E-state index >= 15 is 0 Å². The number of nitrogens with zero attached hydrogens (tertiary/aromatic N) is 1. The standard InChI is InChI=1S/C32H44N2O4/c1-9-38-27(37)34-32-14-12-28(3,4)17-21(32)25-23(35)16-24-29(5)18-22(33-8)26(36)19(2)20(29)10-11-30(24,6)31(25,7)13-15-32/h16,18-21,25H,9-15,17H2,1-7H3,(H,34,37)/t19-,20-,21-,25-,29-,30+,31+,32-/m0/s1. The largest absolute Gasteiger partial charge is 0.450 e. The molecule has 3 saturated carbocycles. The number of ether oxygens (including phenoxy) is 1. The molecule has 0 bridgehead atoms. The van der Waals surface area contributed by atoms with Gasteiger partial charge in [-0.25, -0.2) is 9.64 Å². The number of alkyl carbamates (subject to hydrolysis) is 1. The summed E-state index contributed by atoms with van der Waals surface area (Å²) in [5.41, 5.74) is -0.0252. The highest BCUT2D eigenvalue weighted by Gasteiger charge is 2.69. The van der Waals surface area contributed by atoms with E-state index in [2.05, 4.69) is 44.8 Å². The van der Waals surface area contributed by atoms with Gasteiger partial charge in [0.15, 0.2) is 11.6 Å². The number of nitrogens with one attached hydrogen (secondary N) is 1. The number of amides is 1. The first kappa shape index (κ1) is 27.2. The summed E-state index contributed by atoms with van der Waals surface area (Å²) in [5.74, 6) is -0.208. The normalized spacial score (nSPS) is 45.2. The summed E-state index contributed by atoms with van der Waals surface area (Å²) in [6, 6.07) is 0. The van der Waals surface area contributed by atoms with Crippen LogP contribution in [0.15, 0.2) is 23.4 Å². The number of allylic oxidation sites excluding steroid dienone is 4. The van der Waals surface area contributed by atoms with E-state index in [9.17, 15) is 14.4 Å². The van der Waals surface area contributed by atoms with Crippen molar-refractivity contribution in [2.75, 3.05) is 6.61 Å². The molecule has 0 spiro atoms. The van der Waals surface area contributed by atoms with E-state index in [0.29, 0.717) is 6.61 Å². The Bertz CT molecular complexity index is 1190. The molecule has 3 fully saturated rings. The van der Waals surface area contributed by atoms with Crippen LogP contribution < -0.4 is 5.32 Å². The molecule has 5 rings (SSSR count). The second-order valence-electron chi connectivity index (χ2n) is 14.4. The highest BCUT2D eigenvalue weighted by Crippen LogP contribution is 2.72. The highest BCUT2D eigenvalue weighted by atomic mass is 16.5. The van der Waals surface area contributed by atoms with Crippen LogP contribution in [0.3, 0.4) is 0 Å². The monoisotopic (exact) mass is 520 g/mol. The van der Waals surface area contributed by atoms with Crippen molar-refractivity contribution in [3.05, 3.63) is 34.8 Å². The van der Waals surface area contributed by atoms with Crippen LogP contribution in [0.4, 0.5) is 4.79 Å². The van der Waals surface area contributed by atoms with Gasteiger partial charge in [0.2, 0.25) is 5.70 Å². The number of hydrogen-bond donors (Lipinski definition) is 1. The Morgan fingerprint density at radius 1 is 1.08 bits per heavy atom. The minimum atomic E-state index is -0.493. The van der Waals surface area contributed by atoms with Crippen LogP contribution in [0.2, 0.25) is 0 Å². The molecule has 6 nitrogen and oxygen atoms in total. The van der Waals surface area contributed by atoms with E-state index in [0.717, 1.165) is 50.5 Å². The summed E-state index contributed by atoms with van der Waals surface area (Å²) in [5, 5.41) is 3.29. The molecule has 0 aromatic heterocycles. The molecule has 1 amide bonds. The highest BCUT2D eigenvalue weighted by molar-refractivity contribution is 6.01. The van der Waals surface area contributed by atoms with Gasteiger partial charge >= 0.3 is 6.09 Å². The Balaban J connectivity index is 1.64. The summed E-state index contributed by atoms with van der Waals surface area (Å²) < 4.78 is 5.34. The van der Waals surface area contributed by atoms with E-state index in [1.165, 1.54) is 0 Å². The number of rotatable bonds is 2. The molecule has 0 unspecified atom stereocenters. The predicted molar refractivity (Wildman–Crippen MR) is 146 cm³/mol. The number of hydrogen-bond acceptors (Lipinski definition) is 4. The van der Waals surface area contributed by atoms with Crippen molar-refractivity contribution in [1.29, 1.82) is 0 Å². The zero-order chi connectivity index (χ0) is 27.9. The first-order valence-electron chi connectivity index (χ1n) is 14.5. The summed E-state index contributed by atoms with van der Waals surface area (Å²) in [4.78, 5) is 43.7. The summed E-state index contributed by atoms with van der Waals surface area (Å²) in [6.45, 7) is 23.2. The maximum atomic E-state index is 14.4. The lowest BCUT2D eigenvalue weighted by Crippen LogP contribution is -2.69. The lowest BCUT2D eigenvalue weighted by Gasteiger charge is -2.68. The molecule has 0 saturated heterocycles. The Hall–Kier alpha value is -2.42. The van der Waals surface area contributed by atoms with Crippen molar-refractivity contribution in [3.63, 3.8) is 0 Å². The van der Waals surface area contributed by atoms with Gasteiger partial charge in [0.25, 0.3) is 0 Å². The van der Waals surface area contributed by atoms with Crippen LogP contribution in [-0.2, 0) is 14.3 Å². The third-order valence-corrected chi connectivity index (χ3v) is 12.1. The van der Waals surface area contributed by atoms with E-state index in [4.69, 9.17) is 11.3 Å². The number of carbonyl (C=O) groups is 3. The molecular weight excluding hydrogens is 476 g/mol. The lowest BCUT2D eigenvalue weighted by atomic mass is 9.36. The van der Waals surface area contributed by atoms with E-state index in [1.807, 2.05) is 26.0 Å². The zero-order valence-corrected chi connectivity index (χ0v) is 24.2. The van der Waals surface area contributed by atoms with E-state index in [1.54, 1.807) is 0 Å². The van der Waals surface area contributed by atoms with Gasteiger partial charge in [0, 0.05) is 22.8 Å². The molecule has 0 aromatic carbocycles. The topological polar surface area (TPSA) is 76.8 Å². The Morgan fingerprint density at radius 2 is 1.76 bits per heavy atom. The van der Waals surface area contributed by atoms with Crippen molar-refractivity contribution in [2.24, 2.45) is 45.3 Å². The minimum absolute atomic E-state index is 0.0308. The van der Waals surface area contributed by atoms with Crippen molar-refractivity contribution in [2.45, 2.75) is 99.0 Å².